The van der Waals surface area contributed by atoms with E-state index in [2.05, 4.69) is 11.3 Å². The summed E-state index contributed by atoms with van der Waals surface area (Å²) in [6.07, 6.45) is 2.12. The first-order chi connectivity index (χ1) is 6.41. The van der Waals surface area contributed by atoms with E-state index in [9.17, 15) is 8.42 Å². The van der Waals surface area contributed by atoms with Crippen LogP contribution in [0.5, 0.6) is 0 Å². The summed E-state index contributed by atoms with van der Waals surface area (Å²) in [5.41, 5.74) is 5.47. The maximum absolute atomic E-state index is 11.3. The normalized spacial score (nSPS) is 14.3. The van der Waals surface area contributed by atoms with E-state index in [1.54, 1.807) is 0 Å². The van der Waals surface area contributed by atoms with Crippen molar-refractivity contribution in [2.24, 2.45) is 11.7 Å². The monoisotopic (exact) mass is 220 g/mol. The summed E-state index contributed by atoms with van der Waals surface area (Å²) < 4.78 is 25.2. The van der Waals surface area contributed by atoms with Crippen LogP contribution in [0.1, 0.15) is 20.3 Å². The Bertz CT molecular complexity index is 260. The maximum atomic E-state index is 11.3. The highest BCUT2D eigenvalue weighted by Gasteiger charge is 2.16. The minimum atomic E-state index is -3.24. The molecule has 0 saturated carbocycles. The number of rotatable bonds is 7. The molecule has 84 valence electrons. The van der Waals surface area contributed by atoms with Crippen molar-refractivity contribution in [1.29, 1.82) is 0 Å². The second-order valence-electron chi connectivity index (χ2n) is 3.75. The summed E-state index contributed by atoms with van der Waals surface area (Å²) in [6, 6.07) is -0.167. The highest BCUT2D eigenvalue weighted by atomic mass is 32.2. The van der Waals surface area contributed by atoms with Crippen LogP contribution in [0.3, 0.4) is 0 Å². The van der Waals surface area contributed by atoms with E-state index >= 15 is 0 Å². The number of hydrogen-bond acceptors (Lipinski definition) is 3. The van der Waals surface area contributed by atoms with Crippen molar-refractivity contribution in [3.63, 3.8) is 0 Å². The zero-order chi connectivity index (χ0) is 11.2. The topological polar surface area (TPSA) is 72.2 Å². The molecule has 0 aromatic heterocycles. The maximum Gasteiger partial charge on any atom is 0.215 e. The van der Waals surface area contributed by atoms with Crippen molar-refractivity contribution < 1.29 is 8.42 Å². The molecule has 0 aliphatic heterocycles. The van der Waals surface area contributed by atoms with E-state index in [1.165, 1.54) is 6.08 Å². The molecule has 0 spiro atoms. The number of nitrogens with one attached hydrogen (secondary N) is 1. The summed E-state index contributed by atoms with van der Waals surface area (Å²) in [4.78, 5) is 0. The van der Waals surface area contributed by atoms with Gasteiger partial charge in [-0.15, -0.1) is 6.58 Å². The third kappa shape index (κ3) is 6.12. The quantitative estimate of drug-likeness (QED) is 0.612. The third-order valence-electron chi connectivity index (χ3n) is 1.72. The molecule has 0 radical (unpaired) electrons. The van der Waals surface area contributed by atoms with Gasteiger partial charge in [0.05, 0.1) is 5.75 Å². The van der Waals surface area contributed by atoms with E-state index in [1.807, 2.05) is 13.8 Å². The molecule has 0 aromatic carbocycles. The lowest BCUT2D eigenvalue weighted by atomic mass is 10.1. The fourth-order valence-corrected chi connectivity index (χ4v) is 2.33. The second-order valence-corrected chi connectivity index (χ2v) is 5.55. The van der Waals surface area contributed by atoms with Gasteiger partial charge >= 0.3 is 0 Å². The molecule has 14 heavy (non-hydrogen) atoms. The van der Waals surface area contributed by atoms with Crippen LogP contribution in [0.4, 0.5) is 0 Å². The van der Waals surface area contributed by atoms with Crippen molar-refractivity contribution in [2.75, 3.05) is 12.3 Å². The molecule has 0 aliphatic rings. The van der Waals surface area contributed by atoms with E-state index in [0.717, 1.165) is 6.42 Å². The molecule has 4 nitrogen and oxygen atoms in total. The van der Waals surface area contributed by atoms with Gasteiger partial charge in [-0.05, 0) is 12.3 Å². The van der Waals surface area contributed by atoms with Gasteiger partial charge in [-0.2, -0.15) is 0 Å². The molecule has 3 N–H and O–H groups in total. The van der Waals surface area contributed by atoms with Crippen molar-refractivity contribution in [3.05, 3.63) is 12.7 Å². The van der Waals surface area contributed by atoms with E-state index < -0.39 is 10.0 Å². The highest BCUT2D eigenvalue weighted by molar-refractivity contribution is 7.89. The lowest BCUT2D eigenvalue weighted by Crippen LogP contribution is -2.41. The molecule has 0 heterocycles. The van der Waals surface area contributed by atoms with Crippen LogP contribution in [0.2, 0.25) is 0 Å². The first-order valence-electron chi connectivity index (χ1n) is 4.72. The molecule has 5 heteroatoms. The molecule has 1 atom stereocenters. The fraction of sp³-hybridized carbons (Fsp3) is 0.778. The summed E-state index contributed by atoms with van der Waals surface area (Å²) in [6.45, 7) is 7.78. The lowest BCUT2D eigenvalue weighted by Gasteiger charge is -2.18. The Morgan fingerprint density at radius 3 is 2.43 bits per heavy atom. The number of hydrogen-bond donors (Lipinski definition) is 2. The van der Waals surface area contributed by atoms with E-state index in [4.69, 9.17) is 5.73 Å². The predicted molar refractivity (Wildman–Crippen MR) is 59.4 cm³/mol. The van der Waals surface area contributed by atoms with Crippen LogP contribution in [-0.4, -0.2) is 26.8 Å². The van der Waals surface area contributed by atoms with Gasteiger partial charge in [0.1, 0.15) is 0 Å². The molecule has 0 aliphatic carbocycles. The van der Waals surface area contributed by atoms with Crippen LogP contribution in [0.15, 0.2) is 12.7 Å². The Kier molecular flexibility index (Phi) is 5.99. The molecule has 0 fully saturated rings. The zero-order valence-electron chi connectivity index (χ0n) is 8.86. The summed E-state index contributed by atoms with van der Waals surface area (Å²) in [5, 5.41) is 0. The summed E-state index contributed by atoms with van der Waals surface area (Å²) in [7, 11) is -3.24. The predicted octanol–water partition coefficient (Wildman–Crippen LogP) is 0.465. The van der Waals surface area contributed by atoms with Gasteiger partial charge in [0.25, 0.3) is 0 Å². The third-order valence-corrected chi connectivity index (χ3v) is 3.09. The lowest BCUT2D eigenvalue weighted by molar-refractivity contribution is 0.466. The van der Waals surface area contributed by atoms with Crippen LogP contribution in [0, 0.1) is 5.92 Å². The molecular weight excluding hydrogens is 200 g/mol. The molecule has 0 rings (SSSR count). The second kappa shape index (κ2) is 6.16. The van der Waals surface area contributed by atoms with Gasteiger partial charge in [-0.25, -0.2) is 13.1 Å². The smallest absolute Gasteiger partial charge is 0.215 e. The van der Waals surface area contributed by atoms with Gasteiger partial charge in [-0.1, -0.05) is 19.9 Å². The van der Waals surface area contributed by atoms with E-state index in [0.29, 0.717) is 12.5 Å². The van der Waals surface area contributed by atoms with Crippen molar-refractivity contribution >= 4 is 10.0 Å². The number of nitrogens with two attached hydrogens (primary N) is 1. The fourth-order valence-electron chi connectivity index (χ4n) is 1.22. The van der Waals surface area contributed by atoms with Crippen molar-refractivity contribution in [1.82, 2.24) is 4.72 Å². The van der Waals surface area contributed by atoms with Gasteiger partial charge < -0.3 is 5.73 Å². The highest BCUT2D eigenvalue weighted by Crippen LogP contribution is 2.04. The van der Waals surface area contributed by atoms with Gasteiger partial charge in [-0.3, -0.25) is 0 Å². The molecule has 0 amide bonds. The van der Waals surface area contributed by atoms with E-state index in [-0.39, 0.29) is 11.8 Å². The minimum absolute atomic E-state index is 0.0540. The van der Waals surface area contributed by atoms with Crippen LogP contribution in [-0.2, 0) is 10.0 Å². The SMILES string of the molecule is C=CCS(=O)(=O)NC(CN)CC(C)C. The van der Waals surface area contributed by atoms with Crippen LogP contribution >= 0.6 is 0 Å². The Hall–Kier alpha value is -0.390. The first-order valence-corrected chi connectivity index (χ1v) is 6.37. The molecular formula is C9H20N2O2S. The van der Waals surface area contributed by atoms with Gasteiger partial charge in [0.2, 0.25) is 10.0 Å². The zero-order valence-corrected chi connectivity index (χ0v) is 9.68. The standard InChI is InChI=1S/C9H20N2O2S/c1-4-5-14(12,13)11-9(7-10)6-8(2)3/h4,8-9,11H,1,5-7,10H2,2-3H3. The van der Waals surface area contributed by atoms with Crippen LogP contribution in [0.25, 0.3) is 0 Å². The Labute approximate surface area is 86.6 Å². The average molecular weight is 220 g/mol. The summed E-state index contributed by atoms with van der Waals surface area (Å²) >= 11 is 0. The minimum Gasteiger partial charge on any atom is -0.329 e. The molecule has 0 bridgehead atoms. The molecule has 0 saturated heterocycles. The largest absolute Gasteiger partial charge is 0.329 e. The number of sulfonamides is 1. The average Bonchev–Trinajstić information content (AvgIpc) is 2.01. The Morgan fingerprint density at radius 2 is 2.07 bits per heavy atom. The van der Waals surface area contributed by atoms with Gasteiger partial charge in [0, 0.05) is 12.6 Å². The Morgan fingerprint density at radius 1 is 1.50 bits per heavy atom. The molecule has 0 aromatic rings. The van der Waals surface area contributed by atoms with Crippen molar-refractivity contribution in [2.45, 2.75) is 26.3 Å². The molecule has 1 unspecified atom stereocenters. The Balaban J connectivity index is 4.23. The van der Waals surface area contributed by atoms with Gasteiger partial charge in [0.15, 0.2) is 0 Å². The van der Waals surface area contributed by atoms with Crippen molar-refractivity contribution in [3.8, 4) is 0 Å². The summed E-state index contributed by atoms with van der Waals surface area (Å²) in [5.74, 6) is 0.372. The van der Waals surface area contributed by atoms with Crippen LogP contribution < -0.4 is 10.5 Å². The first kappa shape index (κ1) is 13.6.